The van der Waals surface area contributed by atoms with E-state index in [2.05, 4.69) is 18.2 Å². The molecule has 0 saturated heterocycles. The van der Waals surface area contributed by atoms with Crippen LogP contribution in [0.25, 0.3) is 0 Å². The van der Waals surface area contributed by atoms with Crippen molar-refractivity contribution in [3.63, 3.8) is 0 Å². The van der Waals surface area contributed by atoms with Gasteiger partial charge in [-0.15, -0.1) is 0 Å². The van der Waals surface area contributed by atoms with Crippen molar-refractivity contribution in [3.05, 3.63) is 35.4 Å². The minimum atomic E-state index is -0.223. The first kappa shape index (κ1) is 10.2. The number of fused-ring (bicyclic) bond motifs is 1. The first-order valence-electron chi connectivity index (χ1n) is 5.27. The van der Waals surface area contributed by atoms with Crippen LogP contribution in [0, 0.1) is 16.7 Å². The zero-order valence-corrected chi connectivity index (χ0v) is 8.99. The van der Waals surface area contributed by atoms with Gasteiger partial charge in [0.15, 0.2) is 0 Å². The van der Waals surface area contributed by atoms with Crippen LogP contribution in [0.15, 0.2) is 24.3 Å². The molecule has 0 aromatic heterocycles. The molecular weight excluding hydrogens is 186 g/mol. The SMILES string of the molecule is COCCC1(C#N)Cc2ccccc2C1. The molecule has 0 unspecified atom stereocenters. The van der Waals surface area contributed by atoms with E-state index in [1.54, 1.807) is 7.11 Å². The van der Waals surface area contributed by atoms with Crippen LogP contribution in [-0.2, 0) is 17.6 Å². The standard InChI is InChI=1S/C13H15NO/c1-15-7-6-13(10-14)8-11-4-2-3-5-12(11)9-13/h2-5H,6-9H2,1H3. The van der Waals surface area contributed by atoms with Crippen molar-refractivity contribution in [2.75, 3.05) is 13.7 Å². The van der Waals surface area contributed by atoms with E-state index in [4.69, 9.17) is 4.74 Å². The Balaban J connectivity index is 2.19. The minimum absolute atomic E-state index is 0.223. The summed E-state index contributed by atoms with van der Waals surface area (Å²) in [4.78, 5) is 0. The molecule has 0 radical (unpaired) electrons. The highest BCUT2D eigenvalue weighted by Gasteiger charge is 2.36. The van der Waals surface area contributed by atoms with Crippen molar-refractivity contribution >= 4 is 0 Å². The Hall–Kier alpha value is -1.33. The van der Waals surface area contributed by atoms with Crippen LogP contribution < -0.4 is 0 Å². The average molecular weight is 201 g/mol. The molecule has 1 aromatic rings. The summed E-state index contributed by atoms with van der Waals surface area (Å²) in [6.45, 7) is 0.668. The Morgan fingerprint density at radius 3 is 2.40 bits per heavy atom. The van der Waals surface area contributed by atoms with Crippen molar-refractivity contribution in [1.82, 2.24) is 0 Å². The Morgan fingerprint density at radius 2 is 1.93 bits per heavy atom. The van der Waals surface area contributed by atoms with Crippen molar-refractivity contribution < 1.29 is 4.74 Å². The Bertz CT molecular complexity index is 367. The van der Waals surface area contributed by atoms with E-state index >= 15 is 0 Å². The molecule has 78 valence electrons. The first-order valence-corrected chi connectivity index (χ1v) is 5.27. The molecule has 15 heavy (non-hydrogen) atoms. The van der Waals surface area contributed by atoms with Gasteiger partial charge in [0.2, 0.25) is 0 Å². The molecule has 1 aromatic carbocycles. The van der Waals surface area contributed by atoms with E-state index < -0.39 is 0 Å². The summed E-state index contributed by atoms with van der Waals surface area (Å²) >= 11 is 0. The number of methoxy groups -OCH3 is 1. The molecule has 1 aliphatic carbocycles. The van der Waals surface area contributed by atoms with Crippen LogP contribution in [-0.4, -0.2) is 13.7 Å². The number of nitriles is 1. The second-order valence-corrected chi connectivity index (χ2v) is 4.26. The van der Waals surface area contributed by atoms with E-state index in [0.717, 1.165) is 19.3 Å². The first-order chi connectivity index (χ1) is 7.29. The van der Waals surface area contributed by atoms with E-state index in [-0.39, 0.29) is 5.41 Å². The van der Waals surface area contributed by atoms with Gasteiger partial charge in [-0.3, -0.25) is 0 Å². The molecule has 0 atom stereocenters. The van der Waals surface area contributed by atoms with Gasteiger partial charge in [-0.1, -0.05) is 24.3 Å². The van der Waals surface area contributed by atoms with Crippen LogP contribution in [0.5, 0.6) is 0 Å². The van der Waals surface area contributed by atoms with Crippen LogP contribution in [0.1, 0.15) is 17.5 Å². The number of nitrogens with zero attached hydrogens (tertiary/aromatic N) is 1. The average Bonchev–Trinajstić information content (AvgIpc) is 2.65. The fraction of sp³-hybridized carbons (Fsp3) is 0.462. The van der Waals surface area contributed by atoms with Crippen LogP contribution in [0.4, 0.5) is 0 Å². The number of benzene rings is 1. The van der Waals surface area contributed by atoms with Gasteiger partial charge >= 0.3 is 0 Å². The summed E-state index contributed by atoms with van der Waals surface area (Å²) in [5, 5.41) is 9.31. The highest BCUT2D eigenvalue weighted by atomic mass is 16.5. The maximum absolute atomic E-state index is 9.31. The molecule has 0 bridgehead atoms. The molecule has 0 heterocycles. The third-order valence-electron chi connectivity index (χ3n) is 3.20. The smallest absolute Gasteiger partial charge is 0.0697 e. The number of ether oxygens (including phenoxy) is 1. The van der Waals surface area contributed by atoms with Gasteiger partial charge in [0.05, 0.1) is 11.5 Å². The van der Waals surface area contributed by atoms with Crippen molar-refractivity contribution in [2.45, 2.75) is 19.3 Å². The normalized spacial score (nSPS) is 17.1. The summed E-state index contributed by atoms with van der Waals surface area (Å²) in [7, 11) is 1.69. The monoisotopic (exact) mass is 201 g/mol. The largest absolute Gasteiger partial charge is 0.385 e. The zero-order chi connectivity index (χ0) is 10.7. The van der Waals surface area contributed by atoms with Gasteiger partial charge in [-0.25, -0.2) is 0 Å². The lowest BCUT2D eigenvalue weighted by Crippen LogP contribution is -2.21. The molecule has 1 aliphatic rings. The molecule has 0 amide bonds. The summed E-state index contributed by atoms with van der Waals surface area (Å²) in [5.41, 5.74) is 2.44. The van der Waals surface area contributed by atoms with Crippen molar-refractivity contribution in [2.24, 2.45) is 5.41 Å². The second-order valence-electron chi connectivity index (χ2n) is 4.26. The Morgan fingerprint density at radius 1 is 1.33 bits per heavy atom. The summed E-state index contributed by atoms with van der Waals surface area (Å²) in [6, 6.07) is 10.8. The van der Waals surface area contributed by atoms with Crippen molar-refractivity contribution in [3.8, 4) is 6.07 Å². The van der Waals surface area contributed by atoms with Crippen LogP contribution in [0.3, 0.4) is 0 Å². The predicted octanol–water partition coefficient (Wildman–Crippen LogP) is 2.33. The lowest BCUT2D eigenvalue weighted by molar-refractivity contribution is 0.162. The van der Waals surface area contributed by atoms with Gasteiger partial charge in [0.25, 0.3) is 0 Å². The summed E-state index contributed by atoms with van der Waals surface area (Å²) < 4.78 is 5.08. The molecule has 0 spiro atoms. The second kappa shape index (κ2) is 4.04. The molecule has 0 aliphatic heterocycles. The third kappa shape index (κ3) is 1.88. The molecule has 0 N–H and O–H groups in total. The highest BCUT2D eigenvalue weighted by Crippen LogP contribution is 2.38. The fourth-order valence-electron chi connectivity index (χ4n) is 2.30. The predicted molar refractivity (Wildman–Crippen MR) is 58.4 cm³/mol. The molecular formula is C13H15NO. The molecule has 2 rings (SSSR count). The molecule has 0 fully saturated rings. The van der Waals surface area contributed by atoms with E-state index in [1.165, 1.54) is 11.1 Å². The van der Waals surface area contributed by atoms with Crippen LogP contribution in [0.2, 0.25) is 0 Å². The Kier molecular flexibility index (Phi) is 2.75. The minimum Gasteiger partial charge on any atom is -0.385 e. The van der Waals surface area contributed by atoms with Gasteiger partial charge in [-0.2, -0.15) is 5.26 Å². The van der Waals surface area contributed by atoms with E-state index in [0.29, 0.717) is 6.61 Å². The van der Waals surface area contributed by atoms with Gasteiger partial charge in [0, 0.05) is 13.7 Å². The molecule has 2 heteroatoms. The van der Waals surface area contributed by atoms with Gasteiger partial charge in [-0.05, 0) is 30.4 Å². The lowest BCUT2D eigenvalue weighted by atomic mass is 9.83. The summed E-state index contributed by atoms with van der Waals surface area (Å²) in [6.07, 6.45) is 2.58. The quantitative estimate of drug-likeness (QED) is 0.752. The van der Waals surface area contributed by atoms with E-state index in [9.17, 15) is 5.26 Å². The Labute approximate surface area is 90.5 Å². The topological polar surface area (TPSA) is 33.0 Å². The van der Waals surface area contributed by atoms with E-state index in [1.807, 2.05) is 12.1 Å². The third-order valence-corrected chi connectivity index (χ3v) is 3.20. The highest BCUT2D eigenvalue weighted by molar-refractivity contribution is 5.36. The fourth-order valence-corrected chi connectivity index (χ4v) is 2.30. The van der Waals surface area contributed by atoms with Gasteiger partial charge in [0.1, 0.15) is 0 Å². The number of hydrogen-bond donors (Lipinski definition) is 0. The van der Waals surface area contributed by atoms with Crippen LogP contribution >= 0.6 is 0 Å². The molecule has 0 saturated carbocycles. The maximum Gasteiger partial charge on any atom is 0.0697 e. The van der Waals surface area contributed by atoms with Gasteiger partial charge < -0.3 is 4.74 Å². The molecule has 2 nitrogen and oxygen atoms in total. The zero-order valence-electron chi connectivity index (χ0n) is 8.99. The lowest BCUT2D eigenvalue weighted by Gasteiger charge is -2.19. The number of rotatable bonds is 3. The van der Waals surface area contributed by atoms with Crippen molar-refractivity contribution in [1.29, 1.82) is 5.26 Å². The summed E-state index contributed by atoms with van der Waals surface area (Å²) in [5.74, 6) is 0. The maximum atomic E-state index is 9.31. The number of hydrogen-bond acceptors (Lipinski definition) is 2.